The highest BCUT2D eigenvalue weighted by molar-refractivity contribution is 8.26. The number of rotatable bonds is 8. The van der Waals surface area contributed by atoms with Crippen LogP contribution < -0.4 is 5.32 Å². The van der Waals surface area contributed by atoms with Gasteiger partial charge in [0, 0.05) is 36.0 Å². The van der Waals surface area contributed by atoms with Gasteiger partial charge in [0.2, 0.25) is 5.91 Å². The quantitative estimate of drug-likeness (QED) is 0.194. The Morgan fingerprint density at radius 2 is 1.74 bits per heavy atom. The van der Waals surface area contributed by atoms with Crippen molar-refractivity contribution in [2.45, 2.75) is 19.9 Å². The van der Waals surface area contributed by atoms with Gasteiger partial charge < -0.3 is 5.32 Å². The third-order valence-electron chi connectivity index (χ3n) is 6.08. The number of hydrogen-bond acceptors (Lipinski definition) is 6. The van der Waals surface area contributed by atoms with Crippen molar-refractivity contribution in [3.05, 3.63) is 106 Å². The number of thiocarbonyl (C=S) groups is 1. The molecule has 0 radical (unpaired) electrons. The highest BCUT2D eigenvalue weighted by atomic mass is 32.2. The average Bonchev–Trinajstić information content (AvgIpc) is 3.53. The molecule has 4 aromatic rings. The summed E-state index contributed by atoms with van der Waals surface area (Å²) < 4.78 is 0.481. The van der Waals surface area contributed by atoms with Crippen molar-refractivity contribution >= 4 is 57.5 Å². The molecule has 0 unspecified atom stereocenters. The van der Waals surface area contributed by atoms with Gasteiger partial charge in [0.15, 0.2) is 0 Å². The number of aryl methyl sites for hydroxylation is 1. The molecule has 1 fully saturated rings. The van der Waals surface area contributed by atoms with Crippen LogP contribution in [0.5, 0.6) is 0 Å². The Morgan fingerprint density at radius 3 is 2.47 bits per heavy atom. The van der Waals surface area contributed by atoms with Gasteiger partial charge in [-0.1, -0.05) is 108 Å². The minimum absolute atomic E-state index is 0.127. The Hall–Kier alpha value is -3.59. The fourth-order valence-corrected chi connectivity index (χ4v) is 6.07. The van der Waals surface area contributed by atoms with Crippen LogP contribution in [0, 0.1) is 6.92 Å². The van der Waals surface area contributed by atoms with E-state index in [2.05, 4.69) is 22.8 Å². The second-order valence-corrected chi connectivity index (χ2v) is 11.4. The van der Waals surface area contributed by atoms with Crippen LogP contribution in [0.3, 0.4) is 0 Å². The molecule has 0 bridgehead atoms. The molecular weight excluding hydrogens is 531 g/mol. The number of hydrogen-bond donors (Lipinski definition) is 1. The zero-order chi connectivity index (χ0) is 26.5. The summed E-state index contributed by atoms with van der Waals surface area (Å²) in [5.41, 5.74) is 6.18. The molecule has 1 aliphatic rings. The van der Waals surface area contributed by atoms with Gasteiger partial charge in [0.1, 0.15) is 9.33 Å². The van der Waals surface area contributed by atoms with Gasteiger partial charge in [-0.3, -0.25) is 14.5 Å². The van der Waals surface area contributed by atoms with Gasteiger partial charge in [0.25, 0.3) is 5.91 Å². The maximum atomic E-state index is 12.8. The molecule has 38 heavy (non-hydrogen) atoms. The Morgan fingerprint density at radius 1 is 1.00 bits per heavy atom. The average molecular weight is 556 g/mol. The van der Waals surface area contributed by atoms with E-state index in [4.69, 9.17) is 17.2 Å². The molecule has 5 rings (SSSR count). The molecule has 1 aliphatic heterocycles. The number of carbonyl (C=O) groups is 2. The van der Waals surface area contributed by atoms with E-state index in [0.717, 1.165) is 38.5 Å². The first-order chi connectivity index (χ1) is 18.5. The van der Waals surface area contributed by atoms with Crippen LogP contribution in [-0.2, 0) is 16.1 Å². The van der Waals surface area contributed by atoms with Crippen molar-refractivity contribution in [2.24, 2.45) is 0 Å². The summed E-state index contributed by atoms with van der Waals surface area (Å²) in [5.74, 6) is -0.279. The minimum Gasteiger partial charge on any atom is -0.352 e. The van der Waals surface area contributed by atoms with Gasteiger partial charge in [-0.15, -0.1) is 11.3 Å². The van der Waals surface area contributed by atoms with Gasteiger partial charge in [-0.25, -0.2) is 4.98 Å². The number of benzene rings is 3. The summed E-state index contributed by atoms with van der Waals surface area (Å²) >= 11 is 8.30. The number of thioether (sulfide) groups is 1. The van der Waals surface area contributed by atoms with E-state index >= 15 is 0 Å². The SMILES string of the molecule is Cc1ccc(/C=C2\SC(=S)N(CCC(=O)NCc3ccc(-c4csc(-c5ccccc5)n4)cc3)C2=O)cc1. The van der Waals surface area contributed by atoms with Crippen LogP contribution in [-0.4, -0.2) is 32.6 Å². The number of aromatic nitrogens is 1. The van der Waals surface area contributed by atoms with Crippen molar-refractivity contribution in [3.63, 3.8) is 0 Å². The van der Waals surface area contributed by atoms with Crippen LogP contribution in [0.2, 0.25) is 0 Å². The maximum Gasteiger partial charge on any atom is 0.266 e. The van der Waals surface area contributed by atoms with Crippen LogP contribution >= 0.6 is 35.3 Å². The van der Waals surface area contributed by atoms with Gasteiger partial charge in [-0.2, -0.15) is 0 Å². The first-order valence-corrected chi connectivity index (χ1v) is 14.3. The summed E-state index contributed by atoms with van der Waals surface area (Å²) in [7, 11) is 0. The van der Waals surface area contributed by atoms with Crippen LogP contribution in [0.15, 0.2) is 89.1 Å². The summed E-state index contributed by atoms with van der Waals surface area (Å²) in [4.78, 5) is 32.2. The predicted octanol–water partition coefficient (Wildman–Crippen LogP) is 6.69. The molecule has 0 atom stereocenters. The largest absolute Gasteiger partial charge is 0.352 e. The molecule has 1 aromatic heterocycles. The Labute approximate surface area is 235 Å². The van der Waals surface area contributed by atoms with Gasteiger partial charge >= 0.3 is 0 Å². The molecular formula is C30H25N3O2S3. The third-order valence-corrected chi connectivity index (χ3v) is 8.34. The number of nitrogens with one attached hydrogen (secondary N) is 1. The van der Waals surface area contributed by atoms with Crippen molar-refractivity contribution in [3.8, 4) is 21.8 Å². The maximum absolute atomic E-state index is 12.8. The summed E-state index contributed by atoms with van der Waals surface area (Å²) in [6, 6.07) is 26.1. The van der Waals surface area contributed by atoms with Crippen molar-refractivity contribution < 1.29 is 9.59 Å². The highest BCUT2D eigenvalue weighted by Crippen LogP contribution is 2.33. The predicted molar refractivity (Wildman–Crippen MR) is 161 cm³/mol. The van der Waals surface area contributed by atoms with E-state index < -0.39 is 0 Å². The molecule has 5 nitrogen and oxygen atoms in total. The fraction of sp³-hybridized carbons (Fsp3) is 0.133. The van der Waals surface area contributed by atoms with Crippen molar-refractivity contribution in [2.75, 3.05) is 6.54 Å². The molecule has 0 spiro atoms. The lowest BCUT2D eigenvalue weighted by molar-refractivity contribution is -0.123. The number of amides is 2. The standard InChI is InChI=1S/C30H25N3O2S3/c1-20-7-9-21(10-8-20)17-26-29(35)33(30(36)38-26)16-15-27(34)31-18-22-11-13-23(14-12-22)25-19-37-28(32-25)24-5-3-2-4-6-24/h2-14,17,19H,15-16,18H2,1H3,(H,31,34)/b26-17-. The summed E-state index contributed by atoms with van der Waals surface area (Å²) in [6.45, 7) is 2.69. The van der Waals surface area contributed by atoms with Crippen molar-refractivity contribution in [1.82, 2.24) is 15.2 Å². The molecule has 1 N–H and O–H groups in total. The van der Waals surface area contributed by atoms with E-state index in [-0.39, 0.29) is 24.8 Å². The zero-order valence-electron chi connectivity index (χ0n) is 20.7. The first-order valence-electron chi connectivity index (χ1n) is 12.2. The lowest BCUT2D eigenvalue weighted by Crippen LogP contribution is -2.33. The molecule has 2 heterocycles. The number of carbonyl (C=O) groups excluding carboxylic acids is 2. The molecule has 0 aliphatic carbocycles. The van der Waals surface area contributed by atoms with E-state index in [9.17, 15) is 9.59 Å². The lowest BCUT2D eigenvalue weighted by atomic mass is 10.1. The Kier molecular flexibility index (Phi) is 8.12. The normalized spacial score (nSPS) is 14.3. The van der Waals surface area contributed by atoms with E-state index in [1.54, 1.807) is 11.3 Å². The molecule has 190 valence electrons. The van der Waals surface area contributed by atoms with E-state index in [1.165, 1.54) is 16.7 Å². The Balaban J connectivity index is 1.11. The molecule has 1 saturated heterocycles. The molecule has 2 amide bonds. The number of nitrogens with zero attached hydrogens (tertiary/aromatic N) is 2. The van der Waals surface area contributed by atoms with Gasteiger partial charge in [-0.05, 0) is 24.1 Å². The lowest BCUT2D eigenvalue weighted by Gasteiger charge is -2.14. The van der Waals surface area contributed by atoms with Crippen LogP contribution in [0.25, 0.3) is 27.9 Å². The highest BCUT2D eigenvalue weighted by Gasteiger charge is 2.32. The van der Waals surface area contributed by atoms with Crippen molar-refractivity contribution in [1.29, 1.82) is 0 Å². The van der Waals surface area contributed by atoms with Gasteiger partial charge in [0.05, 0.1) is 10.6 Å². The molecule has 8 heteroatoms. The fourth-order valence-electron chi connectivity index (χ4n) is 3.92. The molecule has 3 aromatic carbocycles. The minimum atomic E-state index is -0.151. The molecule has 0 saturated carbocycles. The summed E-state index contributed by atoms with van der Waals surface area (Å²) in [5, 5.41) is 5.99. The van der Waals surface area contributed by atoms with E-state index in [0.29, 0.717) is 15.8 Å². The summed E-state index contributed by atoms with van der Waals surface area (Å²) in [6.07, 6.45) is 2.03. The second-order valence-electron chi connectivity index (χ2n) is 8.87. The topological polar surface area (TPSA) is 62.3 Å². The second kappa shape index (κ2) is 11.9. The smallest absolute Gasteiger partial charge is 0.266 e. The zero-order valence-corrected chi connectivity index (χ0v) is 23.2. The Bertz CT molecular complexity index is 1490. The third kappa shape index (κ3) is 6.27. The van der Waals surface area contributed by atoms with E-state index in [1.807, 2.05) is 79.7 Å². The van der Waals surface area contributed by atoms with Crippen LogP contribution in [0.4, 0.5) is 0 Å². The monoisotopic (exact) mass is 555 g/mol. The first kappa shape index (κ1) is 26.0. The van der Waals surface area contributed by atoms with Crippen LogP contribution in [0.1, 0.15) is 23.1 Å². The number of thiazole rings is 1.